The number of primary amides is 1. The highest BCUT2D eigenvalue weighted by Crippen LogP contribution is 2.28. The molecule has 0 spiro atoms. The zero-order valence-corrected chi connectivity index (χ0v) is 15.2. The van der Waals surface area contributed by atoms with Crippen LogP contribution in [0, 0.1) is 6.92 Å². The molecular formula is C17H17N3O5S. The Morgan fingerprint density at radius 3 is 2.62 bits per heavy atom. The quantitative estimate of drug-likeness (QED) is 0.704. The number of hydrogen-bond acceptors (Lipinski definition) is 6. The molecule has 0 unspecified atom stereocenters. The van der Waals surface area contributed by atoms with Crippen LogP contribution in [0.5, 0.6) is 0 Å². The molecule has 9 heteroatoms. The van der Waals surface area contributed by atoms with E-state index in [-0.39, 0.29) is 23.8 Å². The van der Waals surface area contributed by atoms with Crippen molar-refractivity contribution in [3.05, 3.63) is 50.3 Å². The first-order valence-corrected chi connectivity index (χ1v) is 8.68. The first-order valence-electron chi connectivity index (χ1n) is 7.86. The van der Waals surface area contributed by atoms with Gasteiger partial charge in [0.15, 0.2) is 0 Å². The maximum absolute atomic E-state index is 13.1. The minimum Gasteiger partial charge on any atom is -0.475 e. The summed E-state index contributed by atoms with van der Waals surface area (Å²) in [6, 6.07) is 2.85. The van der Waals surface area contributed by atoms with Gasteiger partial charge in [0, 0.05) is 5.92 Å². The van der Waals surface area contributed by atoms with E-state index >= 15 is 0 Å². The fourth-order valence-electron chi connectivity index (χ4n) is 2.79. The summed E-state index contributed by atoms with van der Waals surface area (Å²) in [5.74, 6) is -1.19. The van der Waals surface area contributed by atoms with E-state index in [4.69, 9.17) is 15.3 Å². The summed E-state index contributed by atoms with van der Waals surface area (Å²) in [5.41, 5.74) is 5.58. The molecule has 1 amide bonds. The van der Waals surface area contributed by atoms with Crippen molar-refractivity contribution in [2.45, 2.75) is 33.2 Å². The molecule has 3 heterocycles. The van der Waals surface area contributed by atoms with Crippen molar-refractivity contribution >= 4 is 33.4 Å². The summed E-state index contributed by atoms with van der Waals surface area (Å²) in [6.07, 6.45) is 0. The van der Waals surface area contributed by atoms with E-state index in [1.807, 2.05) is 13.8 Å². The molecule has 0 radical (unpaired) electrons. The van der Waals surface area contributed by atoms with Crippen molar-refractivity contribution in [2.24, 2.45) is 5.73 Å². The molecule has 3 aromatic rings. The van der Waals surface area contributed by atoms with Crippen LogP contribution >= 0.6 is 11.3 Å². The average molecular weight is 375 g/mol. The van der Waals surface area contributed by atoms with Gasteiger partial charge in [0.05, 0.1) is 16.8 Å². The van der Waals surface area contributed by atoms with Gasteiger partial charge in [0.2, 0.25) is 5.76 Å². The van der Waals surface area contributed by atoms with Crippen molar-refractivity contribution in [3.63, 3.8) is 0 Å². The number of carboxylic acids is 1. The van der Waals surface area contributed by atoms with Crippen LogP contribution in [0.25, 0.3) is 10.2 Å². The molecule has 0 aliphatic carbocycles. The maximum Gasteiger partial charge on any atom is 0.371 e. The number of hydrogen-bond donors (Lipinski definition) is 2. The van der Waals surface area contributed by atoms with Crippen molar-refractivity contribution in [3.8, 4) is 0 Å². The number of amides is 1. The van der Waals surface area contributed by atoms with Gasteiger partial charge in [0.25, 0.3) is 11.5 Å². The minimum atomic E-state index is -1.18. The van der Waals surface area contributed by atoms with E-state index in [1.54, 1.807) is 6.92 Å². The van der Waals surface area contributed by atoms with Gasteiger partial charge in [-0.2, -0.15) is 0 Å². The van der Waals surface area contributed by atoms with Crippen LogP contribution in [-0.2, 0) is 6.54 Å². The Bertz CT molecular complexity index is 1090. The highest BCUT2D eigenvalue weighted by Gasteiger charge is 2.22. The summed E-state index contributed by atoms with van der Waals surface area (Å²) in [7, 11) is 0. The molecule has 0 fully saturated rings. The van der Waals surface area contributed by atoms with Crippen LogP contribution in [-0.4, -0.2) is 26.5 Å². The van der Waals surface area contributed by atoms with Crippen molar-refractivity contribution in [1.29, 1.82) is 0 Å². The predicted molar refractivity (Wildman–Crippen MR) is 96.0 cm³/mol. The summed E-state index contributed by atoms with van der Waals surface area (Å²) in [4.78, 5) is 41.0. The van der Waals surface area contributed by atoms with Crippen LogP contribution in [0.3, 0.4) is 0 Å². The van der Waals surface area contributed by atoms with Gasteiger partial charge in [-0.3, -0.25) is 14.2 Å². The van der Waals surface area contributed by atoms with E-state index in [2.05, 4.69) is 4.98 Å². The predicted octanol–water partition coefficient (Wildman–Crippen LogP) is 2.33. The lowest BCUT2D eigenvalue weighted by molar-refractivity contribution is 0.0660. The second kappa shape index (κ2) is 6.41. The first kappa shape index (κ1) is 17.9. The van der Waals surface area contributed by atoms with Gasteiger partial charge in [-0.05, 0) is 24.6 Å². The monoisotopic (exact) mass is 375 g/mol. The average Bonchev–Trinajstić information content (AvgIpc) is 3.14. The lowest BCUT2D eigenvalue weighted by atomic mass is 10.1. The number of furan rings is 1. The van der Waals surface area contributed by atoms with Gasteiger partial charge in [-0.1, -0.05) is 13.8 Å². The smallest absolute Gasteiger partial charge is 0.371 e. The van der Waals surface area contributed by atoms with E-state index < -0.39 is 11.9 Å². The second-order valence-corrected chi connectivity index (χ2v) is 7.19. The molecular weight excluding hydrogens is 358 g/mol. The minimum absolute atomic E-state index is 0.0454. The normalized spacial score (nSPS) is 11.4. The van der Waals surface area contributed by atoms with Gasteiger partial charge in [-0.25, -0.2) is 9.78 Å². The standard InChI is InChI=1S/C17H17N3O5S/c1-7(2)14-19-15-11(8(3)12(26-15)13(18)21)16(22)20(14)6-9-4-5-10(25-9)17(23)24/h4-5,7H,6H2,1-3H3,(H2,18,21)(H,23,24). The van der Waals surface area contributed by atoms with E-state index in [0.717, 1.165) is 11.3 Å². The lowest BCUT2D eigenvalue weighted by Gasteiger charge is -2.14. The van der Waals surface area contributed by atoms with Gasteiger partial charge >= 0.3 is 5.97 Å². The van der Waals surface area contributed by atoms with E-state index in [0.29, 0.717) is 32.2 Å². The molecule has 0 bridgehead atoms. The van der Waals surface area contributed by atoms with Gasteiger partial charge < -0.3 is 15.3 Å². The van der Waals surface area contributed by atoms with Crippen LogP contribution in [0.4, 0.5) is 0 Å². The fourth-order valence-corrected chi connectivity index (χ4v) is 3.83. The second-order valence-electron chi connectivity index (χ2n) is 6.19. The number of carbonyl (C=O) groups is 2. The summed E-state index contributed by atoms with van der Waals surface area (Å²) in [5, 5.41) is 9.32. The number of aromatic carboxylic acids is 1. The van der Waals surface area contributed by atoms with E-state index in [9.17, 15) is 14.4 Å². The Balaban J connectivity index is 2.21. The Morgan fingerprint density at radius 2 is 2.08 bits per heavy atom. The third-order valence-electron chi connectivity index (χ3n) is 4.01. The Morgan fingerprint density at radius 1 is 1.38 bits per heavy atom. The number of nitrogens with zero attached hydrogens (tertiary/aromatic N) is 2. The molecule has 0 aromatic carbocycles. The molecule has 136 valence electrons. The van der Waals surface area contributed by atoms with Crippen LogP contribution in [0.15, 0.2) is 21.3 Å². The molecule has 0 aliphatic heterocycles. The Hall–Kier alpha value is -2.94. The maximum atomic E-state index is 13.1. The number of thiophene rings is 1. The molecule has 3 aromatic heterocycles. The summed E-state index contributed by atoms with van der Waals surface area (Å²) in [6.45, 7) is 5.50. The lowest BCUT2D eigenvalue weighted by Crippen LogP contribution is -2.26. The molecule has 26 heavy (non-hydrogen) atoms. The Kier molecular flexibility index (Phi) is 4.41. The highest BCUT2D eigenvalue weighted by atomic mass is 32.1. The largest absolute Gasteiger partial charge is 0.475 e. The van der Waals surface area contributed by atoms with Crippen molar-refractivity contribution in [2.75, 3.05) is 0 Å². The number of carboxylic acid groups (broad SMARTS) is 1. The summed E-state index contributed by atoms with van der Waals surface area (Å²) >= 11 is 1.10. The van der Waals surface area contributed by atoms with Crippen LogP contribution in [0.2, 0.25) is 0 Å². The molecule has 8 nitrogen and oxygen atoms in total. The van der Waals surface area contributed by atoms with Crippen molar-refractivity contribution < 1.29 is 19.1 Å². The van der Waals surface area contributed by atoms with Crippen molar-refractivity contribution in [1.82, 2.24) is 9.55 Å². The zero-order valence-electron chi connectivity index (χ0n) is 14.4. The van der Waals surface area contributed by atoms with Crippen LogP contribution < -0.4 is 11.3 Å². The summed E-state index contributed by atoms with van der Waals surface area (Å²) < 4.78 is 6.71. The number of rotatable bonds is 5. The number of nitrogens with two attached hydrogens (primary N) is 1. The number of aromatic nitrogens is 2. The molecule has 3 N–H and O–H groups in total. The SMILES string of the molecule is Cc1c(C(N)=O)sc2nc(C(C)C)n(Cc3ccc(C(=O)O)o3)c(=O)c12. The van der Waals surface area contributed by atoms with E-state index in [1.165, 1.54) is 16.7 Å². The Labute approximate surface area is 151 Å². The third-order valence-corrected chi connectivity index (χ3v) is 5.21. The molecule has 0 atom stereocenters. The topological polar surface area (TPSA) is 128 Å². The zero-order chi connectivity index (χ0) is 19.2. The molecule has 0 saturated heterocycles. The van der Waals surface area contributed by atoms with Gasteiger partial charge in [0.1, 0.15) is 16.4 Å². The van der Waals surface area contributed by atoms with Gasteiger partial charge in [-0.15, -0.1) is 11.3 Å². The first-order chi connectivity index (χ1) is 12.2. The number of fused-ring (bicyclic) bond motifs is 1. The number of aryl methyl sites for hydroxylation is 1. The fraction of sp³-hybridized carbons (Fsp3) is 0.294. The molecule has 0 aliphatic rings. The highest BCUT2D eigenvalue weighted by molar-refractivity contribution is 7.20. The molecule has 3 rings (SSSR count). The third kappa shape index (κ3) is 2.90. The number of carbonyl (C=O) groups excluding carboxylic acids is 1. The van der Waals surface area contributed by atoms with Crippen LogP contribution in [0.1, 0.15) is 57.1 Å². The molecule has 0 saturated carbocycles.